The highest BCUT2D eigenvalue weighted by molar-refractivity contribution is 5.73. The zero-order valence-corrected chi connectivity index (χ0v) is 13.1. The molecule has 4 N–H and O–H groups in total. The van der Waals surface area contributed by atoms with Gasteiger partial charge >= 0.3 is 0 Å². The largest absolute Gasteiger partial charge is 0.394 e. The van der Waals surface area contributed by atoms with Crippen LogP contribution < -0.4 is 5.32 Å². The molecule has 7 heteroatoms. The maximum absolute atomic E-state index is 11.2. The third kappa shape index (κ3) is 5.52. The summed E-state index contributed by atoms with van der Waals surface area (Å²) in [6.07, 6.45) is -3.63. The Bertz CT molecular complexity index is 343. The molecule has 0 spiro atoms. The summed E-state index contributed by atoms with van der Waals surface area (Å²) in [5.41, 5.74) is 0.0761. The van der Waals surface area contributed by atoms with E-state index in [9.17, 15) is 20.1 Å². The summed E-state index contributed by atoms with van der Waals surface area (Å²) >= 11 is 0. The first kappa shape index (κ1) is 18.3. The van der Waals surface area contributed by atoms with Gasteiger partial charge in [-0.1, -0.05) is 20.8 Å². The number of rotatable bonds is 5. The van der Waals surface area contributed by atoms with E-state index < -0.39 is 37.3 Å². The highest BCUT2D eigenvalue weighted by Crippen LogP contribution is 2.24. The molecule has 0 aromatic heterocycles. The predicted octanol–water partition coefficient (Wildman–Crippen LogP) is -0.617. The van der Waals surface area contributed by atoms with Crippen molar-refractivity contribution < 1.29 is 29.6 Å². The van der Waals surface area contributed by atoms with Crippen molar-refractivity contribution in [2.75, 3.05) is 13.2 Å². The normalized spacial score (nSPS) is 33.8. The number of ether oxygens (including phenoxy) is 2. The SMILES string of the molecule is CC(=O)N[C@H]1[C@H](OCCC(C)(C)C)O[C@H](CO)[C@@H](O)[C@@H]1O. The van der Waals surface area contributed by atoms with Crippen molar-refractivity contribution in [1.82, 2.24) is 5.32 Å². The summed E-state index contributed by atoms with van der Waals surface area (Å²) in [6.45, 7) is 7.45. The van der Waals surface area contributed by atoms with Crippen LogP contribution in [0.2, 0.25) is 0 Å². The molecule has 21 heavy (non-hydrogen) atoms. The fourth-order valence-corrected chi connectivity index (χ4v) is 2.09. The van der Waals surface area contributed by atoms with Crippen molar-refractivity contribution in [3.8, 4) is 0 Å². The van der Waals surface area contributed by atoms with Crippen molar-refractivity contribution in [2.45, 2.75) is 64.8 Å². The van der Waals surface area contributed by atoms with Crippen LogP contribution in [0.15, 0.2) is 0 Å². The van der Waals surface area contributed by atoms with Crippen LogP contribution in [0.4, 0.5) is 0 Å². The van der Waals surface area contributed by atoms with Crippen molar-refractivity contribution in [3.63, 3.8) is 0 Å². The van der Waals surface area contributed by atoms with Gasteiger partial charge in [-0.2, -0.15) is 0 Å². The second kappa shape index (κ2) is 7.51. The number of nitrogens with one attached hydrogen (secondary N) is 1. The Hall–Kier alpha value is -0.730. The van der Waals surface area contributed by atoms with Crippen molar-refractivity contribution in [2.24, 2.45) is 5.41 Å². The molecule has 0 unspecified atom stereocenters. The highest BCUT2D eigenvalue weighted by atomic mass is 16.7. The molecule has 0 bridgehead atoms. The summed E-state index contributed by atoms with van der Waals surface area (Å²) in [5.74, 6) is -0.360. The summed E-state index contributed by atoms with van der Waals surface area (Å²) < 4.78 is 11.1. The van der Waals surface area contributed by atoms with E-state index in [1.165, 1.54) is 6.92 Å². The van der Waals surface area contributed by atoms with Gasteiger partial charge in [0.25, 0.3) is 0 Å². The van der Waals surface area contributed by atoms with Crippen LogP contribution in [0.5, 0.6) is 0 Å². The molecular weight excluding hydrogens is 278 g/mol. The molecule has 0 aromatic rings. The lowest BCUT2D eigenvalue weighted by atomic mass is 9.93. The molecule has 1 aliphatic heterocycles. The van der Waals surface area contributed by atoms with Gasteiger partial charge in [-0.25, -0.2) is 0 Å². The van der Waals surface area contributed by atoms with Gasteiger partial charge in [-0.3, -0.25) is 4.79 Å². The number of amides is 1. The minimum atomic E-state index is -1.28. The van der Waals surface area contributed by atoms with Crippen LogP contribution in [0.3, 0.4) is 0 Å². The zero-order chi connectivity index (χ0) is 16.2. The molecule has 124 valence electrons. The Labute approximate surface area is 125 Å². The smallest absolute Gasteiger partial charge is 0.217 e. The molecule has 5 atom stereocenters. The van der Waals surface area contributed by atoms with E-state index >= 15 is 0 Å². The van der Waals surface area contributed by atoms with E-state index in [0.717, 1.165) is 6.42 Å². The van der Waals surface area contributed by atoms with E-state index in [1.54, 1.807) is 0 Å². The average molecular weight is 305 g/mol. The van der Waals surface area contributed by atoms with Gasteiger partial charge in [0.15, 0.2) is 6.29 Å². The molecule has 1 rings (SSSR count). The highest BCUT2D eigenvalue weighted by Gasteiger charge is 2.45. The number of carbonyl (C=O) groups is 1. The number of carbonyl (C=O) groups excluding carboxylic acids is 1. The Balaban J connectivity index is 2.71. The van der Waals surface area contributed by atoms with Gasteiger partial charge < -0.3 is 30.1 Å². The first-order chi connectivity index (χ1) is 9.65. The first-order valence-corrected chi connectivity index (χ1v) is 7.17. The predicted molar refractivity (Wildman–Crippen MR) is 75.4 cm³/mol. The van der Waals surface area contributed by atoms with Gasteiger partial charge in [-0.15, -0.1) is 0 Å². The molecular formula is C14H27NO6. The van der Waals surface area contributed by atoms with Gasteiger partial charge in [0, 0.05) is 6.92 Å². The fourth-order valence-electron chi connectivity index (χ4n) is 2.09. The Kier molecular flexibility index (Phi) is 6.55. The van der Waals surface area contributed by atoms with Crippen LogP contribution >= 0.6 is 0 Å². The van der Waals surface area contributed by atoms with Gasteiger partial charge in [0.2, 0.25) is 5.91 Å². The molecule has 0 radical (unpaired) electrons. The number of hydrogen-bond acceptors (Lipinski definition) is 6. The first-order valence-electron chi connectivity index (χ1n) is 7.17. The minimum Gasteiger partial charge on any atom is -0.394 e. The Morgan fingerprint density at radius 3 is 2.38 bits per heavy atom. The van der Waals surface area contributed by atoms with Crippen LogP contribution in [0.1, 0.15) is 34.1 Å². The molecule has 0 saturated carbocycles. The molecule has 0 aromatic carbocycles. The molecule has 1 fully saturated rings. The molecule has 1 amide bonds. The lowest BCUT2D eigenvalue weighted by molar-refractivity contribution is -0.271. The van der Waals surface area contributed by atoms with E-state index in [2.05, 4.69) is 26.1 Å². The van der Waals surface area contributed by atoms with Crippen LogP contribution in [0.25, 0.3) is 0 Å². The summed E-state index contributed by atoms with van der Waals surface area (Å²) in [4.78, 5) is 11.2. The van der Waals surface area contributed by atoms with Gasteiger partial charge in [-0.05, 0) is 11.8 Å². The van der Waals surface area contributed by atoms with E-state index in [1.807, 2.05) is 0 Å². The Morgan fingerprint density at radius 2 is 1.90 bits per heavy atom. The van der Waals surface area contributed by atoms with Gasteiger partial charge in [0.05, 0.1) is 13.2 Å². The van der Waals surface area contributed by atoms with Crippen LogP contribution in [-0.2, 0) is 14.3 Å². The Morgan fingerprint density at radius 1 is 1.29 bits per heavy atom. The third-order valence-electron chi connectivity index (χ3n) is 3.38. The average Bonchev–Trinajstić information content (AvgIpc) is 2.35. The van der Waals surface area contributed by atoms with E-state index in [4.69, 9.17) is 9.47 Å². The lowest BCUT2D eigenvalue weighted by Crippen LogP contribution is -2.64. The van der Waals surface area contributed by atoms with Crippen molar-refractivity contribution in [3.05, 3.63) is 0 Å². The standard InChI is InChI=1S/C14H27NO6/c1-8(17)15-10-12(19)11(18)9(7-16)21-13(10)20-6-5-14(2,3)4/h9-13,16,18-19H,5-7H2,1-4H3,(H,15,17)/t9-,10-,11-,12-,13-/m1/s1. The van der Waals surface area contributed by atoms with Crippen LogP contribution in [0, 0.1) is 5.41 Å². The van der Waals surface area contributed by atoms with Crippen LogP contribution in [-0.4, -0.2) is 65.1 Å². The molecule has 1 aliphatic rings. The van der Waals surface area contributed by atoms with Crippen molar-refractivity contribution >= 4 is 5.91 Å². The van der Waals surface area contributed by atoms with Crippen molar-refractivity contribution in [1.29, 1.82) is 0 Å². The quantitative estimate of drug-likeness (QED) is 0.539. The topological polar surface area (TPSA) is 108 Å². The lowest BCUT2D eigenvalue weighted by Gasteiger charge is -2.42. The number of hydrogen-bond donors (Lipinski definition) is 4. The maximum Gasteiger partial charge on any atom is 0.217 e. The molecule has 1 heterocycles. The second-order valence-electron chi connectivity index (χ2n) is 6.61. The zero-order valence-electron chi connectivity index (χ0n) is 13.1. The molecule has 0 aliphatic carbocycles. The summed E-state index contributed by atoms with van der Waals surface area (Å²) in [7, 11) is 0. The second-order valence-corrected chi connectivity index (χ2v) is 6.61. The molecule has 7 nitrogen and oxygen atoms in total. The van der Waals surface area contributed by atoms with Gasteiger partial charge in [0.1, 0.15) is 24.4 Å². The monoisotopic (exact) mass is 305 g/mol. The molecule has 1 saturated heterocycles. The van der Waals surface area contributed by atoms with E-state index in [0.29, 0.717) is 6.61 Å². The third-order valence-corrected chi connectivity index (χ3v) is 3.38. The maximum atomic E-state index is 11.2. The summed E-state index contributed by atoms with van der Waals surface area (Å²) in [6, 6.07) is -0.875. The number of aliphatic hydroxyl groups is 3. The number of aliphatic hydroxyl groups excluding tert-OH is 3. The minimum absolute atomic E-state index is 0.0761. The summed E-state index contributed by atoms with van der Waals surface area (Å²) in [5, 5.41) is 31.6. The fraction of sp³-hybridized carbons (Fsp3) is 0.929. The van der Waals surface area contributed by atoms with E-state index in [-0.39, 0.29) is 11.3 Å².